The maximum Gasteiger partial charge on any atom is 0.165 e. The molecule has 3 aromatic rings. The number of rotatable bonds is 5. The highest BCUT2D eigenvalue weighted by atomic mass is 16.5. The number of hydrogen-bond donors (Lipinski definition) is 4. The first-order chi connectivity index (χ1) is 18.5. The van der Waals surface area contributed by atoms with E-state index in [1.165, 1.54) is 0 Å². The Morgan fingerprint density at radius 1 is 0.897 bits per heavy atom. The molecule has 204 valence electrons. The fourth-order valence-electron chi connectivity index (χ4n) is 6.13. The van der Waals surface area contributed by atoms with Gasteiger partial charge in [-0.05, 0) is 96.3 Å². The Bertz CT molecular complexity index is 1420. The van der Waals surface area contributed by atoms with Gasteiger partial charge in [0.05, 0.1) is 18.8 Å². The second-order valence-corrected chi connectivity index (χ2v) is 11.6. The van der Waals surface area contributed by atoms with Gasteiger partial charge in [0.1, 0.15) is 17.1 Å². The average molecular weight is 528 g/mol. The van der Waals surface area contributed by atoms with Crippen molar-refractivity contribution in [2.75, 3.05) is 12.8 Å². The van der Waals surface area contributed by atoms with Gasteiger partial charge in [0.25, 0.3) is 0 Å². The third kappa shape index (κ3) is 5.09. The highest BCUT2D eigenvalue weighted by Crippen LogP contribution is 2.55. The lowest BCUT2D eigenvalue weighted by atomic mass is 9.57. The number of nitrogen functional groups attached to an aromatic ring is 1. The van der Waals surface area contributed by atoms with E-state index in [1.54, 1.807) is 37.5 Å². The molecule has 0 unspecified atom stereocenters. The summed E-state index contributed by atoms with van der Waals surface area (Å²) >= 11 is 0. The Balaban J connectivity index is 1.41. The molecular formula is C33H37NO5. The molecule has 0 radical (unpaired) electrons. The van der Waals surface area contributed by atoms with Gasteiger partial charge in [0.15, 0.2) is 11.5 Å². The molecule has 5 N–H and O–H groups in total. The summed E-state index contributed by atoms with van der Waals surface area (Å²) in [6, 6.07) is 14.6. The maximum absolute atomic E-state index is 10.7. The number of nitrogens with two attached hydrogens (primary N) is 1. The van der Waals surface area contributed by atoms with Gasteiger partial charge >= 0.3 is 0 Å². The van der Waals surface area contributed by atoms with E-state index in [0.29, 0.717) is 29.0 Å². The SMILES string of the molecule is COc1cc(/C=C/c2cc(O)c(/C=C/c3ccc(N)cc3)c(O)c2)cc2c1O[C@]1(C)CC[C@@H](O)C(C)(C)[C@H]1C2. The van der Waals surface area contributed by atoms with Crippen molar-refractivity contribution in [3.05, 3.63) is 76.3 Å². The number of aliphatic hydroxyl groups is 1. The molecule has 1 heterocycles. The van der Waals surface area contributed by atoms with Crippen molar-refractivity contribution in [3.63, 3.8) is 0 Å². The lowest BCUT2D eigenvalue weighted by Gasteiger charge is -2.55. The van der Waals surface area contributed by atoms with Crippen molar-refractivity contribution in [2.24, 2.45) is 11.3 Å². The number of ether oxygens (including phenoxy) is 2. The van der Waals surface area contributed by atoms with E-state index < -0.39 is 0 Å². The smallest absolute Gasteiger partial charge is 0.165 e. The zero-order chi connectivity index (χ0) is 27.9. The monoisotopic (exact) mass is 527 g/mol. The number of phenols is 2. The molecule has 0 aromatic heterocycles. The Labute approximate surface area is 230 Å². The standard InChI is InChI=1S/C33H37NO5/c1-32(2)29-19-23-15-21(18-28(38-4)31(23)39-33(29,3)14-13-30(32)37)5-6-22-16-26(35)25(27(36)17-22)12-9-20-7-10-24(34)11-8-20/h5-12,15-18,29-30,35-37H,13-14,19,34H2,1-4H3/b6-5+,12-9+/t29-,30-,33-/m1/s1. The van der Waals surface area contributed by atoms with Crippen LogP contribution in [0.5, 0.6) is 23.0 Å². The third-order valence-electron chi connectivity index (χ3n) is 8.55. The molecule has 0 bridgehead atoms. The Morgan fingerprint density at radius 3 is 2.15 bits per heavy atom. The number of aliphatic hydroxyl groups excluding tert-OH is 1. The summed E-state index contributed by atoms with van der Waals surface area (Å²) in [5.41, 5.74) is 9.64. The lowest BCUT2D eigenvalue weighted by Crippen LogP contribution is -2.58. The second kappa shape index (κ2) is 10.0. The first kappa shape index (κ1) is 26.7. The minimum Gasteiger partial charge on any atom is -0.507 e. The van der Waals surface area contributed by atoms with Gasteiger partial charge in [0, 0.05) is 11.6 Å². The van der Waals surface area contributed by atoms with Gasteiger partial charge in [-0.2, -0.15) is 0 Å². The number of phenolic OH excluding ortho intramolecular Hbond substituents is 2. The molecule has 1 fully saturated rings. The molecule has 6 heteroatoms. The second-order valence-electron chi connectivity index (χ2n) is 11.6. The number of benzene rings is 3. The minimum atomic E-state index is -0.365. The zero-order valence-electron chi connectivity index (χ0n) is 22.9. The molecule has 0 amide bonds. The fourth-order valence-corrected chi connectivity index (χ4v) is 6.13. The van der Waals surface area contributed by atoms with Crippen LogP contribution in [0.3, 0.4) is 0 Å². The van der Waals surface area contributed by atoms with E-state index in [4.69, 9.17) is 15.2 Å². The molecule has 6 nitrogen and oxygen atoms in total. The Hall–Kier alpha value is -3.90. The lowest BCUT2D eigenvalue weighted by molar-refractivity contribution is -0.138. The van der Waals surface area contributed by atoms with Crippen molar-refractivity contribution in [2.45, 2.75) is 51.7 Å². The summed E-state index contributed by atoms with van der Waals surface area (Å²) in [6.45, 7) is 6.40. The summed E-state index contributed by atoms with van der Waals surface area (Å²) in [4.78, 5) is 0. The number of hydrogen-bond acceptors (Lipinski definition) is 6. The molecule has 1 saturated carbocycles. The van der Waals surface area contributed by atoms with Crippen molar-refractivity contribution < 1.29 is 24.8 Å². The molecule has 0 saturated heterocycles. The van der Waals surface area contributed by atoms with E-state index in [2.05, 4.69) is 26.8 Å². The zero-order valence-corrected chi connectivity index (χ0v) is 22.9. The van der Waals surface area contributed by atoms with Crippen LogP contribution < -0.4 is 15.2 Å². The number of methoxy groups -OCH3 is 1. The van der Waals surface area contributed by atoms with Gasteiger partial charge in [-0.15, -0.1) is 0 Å². The summed E-state index contributed by atoms with van der Waals surface area (Å²) in [7, 11) is 1.64. The fraction of sp³-hybridized carbons (Fsp3) is 0.333. The van der Waals surface area contributed by atoms with Crippen molar-refractivity contribution in [3.8, 4) is 23.0 Å². The van der Waals surface area contributed by atoms with Crippen LogP contribution in [0.25, 0.3) is 24.3 Å². The van der Waals surface area contributed by atoms with Gasteiger partial charge in [-0.1, -0.05) is 44.2 Å². The number of fused-ring (bicyclic) bond motifs is 2. The average Bonchev–Trinajstić information content (AvgIpc) is 2.89. The molecule has 1 aliphatic heterocycles. The molecule has 2 aliphatic rings. The first-order valence-electron chi connectivity index (χ1n) is 13.4. The summed E-state index contributed by atoms with van der Waals surface area (Å²) in [6.07, 6.45) is 9.18. The van der Waals surface area contributed by atoms with Gasteiger partial charge in [-0.25, -0.2) is 0 Å². The molecule has 0 spiro atoms. The molecule has 5 rings (SSSR count). The molecular weight excluding hydrogens is 490 g/mol. The van der Waals surface area contributed by atoms with Crippen LogP contribution in [0, 0.1) is 11.3 Å². The third-order valence-corrected chi connectivity index (χ3v) is 8.55. The maximum atomic E-state index is 10.7. The van der Waals surface area contributed by atoms with Crippen LogP contribution in [0.1, 0.15) is 61.4 Å². The molecule has 3 atom stereocenters. The van der Waals surface area contributed by atoms with Crippen LogP contribution in [-0.2, 0) is 6.42 Å². The van der Waals surface area contributed by atoms with Crippen LogP contribution in [0.4, 0.5) is 5.69 Å². The number of aromatic hydroxyl groups is 2. The quantitative estimate of drug-likeness (QED) is 0.222. The van der Waals surface area contributed by atoms with Gasteiger partial charge in [-0.3, -0.25) is 0 Å². The van der Waals surface area contributed by atoms with E-state index in [9.17, 15) is 15.3 Å². The molecule has 3 aromatic carbocycles. The largest absolute Gasteiger partial charge is 0.507 e. The Kier molecular flexibility index (Phi) is 6.85. The van der Waals surface area contributed by atoms with Crippen molar-refractivity contribution in [1.29, 1.82) is 0 Å². The van der Waals surface area contributed by atoms with Crippen LogP contribution >= 0.6 is 0 Å². The highest BCUT2D eigenvalue weighted by Gasteiger charge is 2.54. The van der Waals surface area contributed by atoms with Crippen LogP contribution in [0.2, 0.25) is 0 Å². The highest BCUT2D eigenvalue weighted by molar-refractivity contribution is 5.79. The summed E-state index contributed by atoms with van der Waals surface area (Å²) < 4.78 is 12.3. The summed E-state index contributed by atoms with van der Waals surface area (Å²) in [5, 5.41) is 32.0. The molecule has 39 heavy (non-hydrogen) atoms. The molecule has 1 aliphatic carbocycles. The van der Waals surface area contributed by atoms with Gasteiger partial charge in [0.2, 0.25) is 0 Å². The predicted octanol–water partition coefficient (Wildman–Crippen LogP) is 6.52. The van der Waals surface area contributed by atoms with Gasteiger partial charge < -0.3 is 30.5 Å². The van der Waals surface area contributed by atoms with Crippen molar-refractivity contribution in [1.82, 2.24) is 0 Å². The normalized spacial score (nSPS) is 23.8. The minimum absolute atomic E-state index is 0.0184. The van der Waals surface area contributed by atoms with E-state index in [-0.39, 0.29) is 34.5 Å². The van der Waals surface area contributed by atoms with Crippen LogP contribution in [0.15, 0.2) is 48.5 Å². The van der Waals surface area contributed by atoms with E-state index in [1.807, 2.05) is 36.4 Å². The topological polar surface area (TPSA) is 105 Å². The Morgan fingerprint density at radius 2 is 1.51 bits per heavy atom. The number of anilines is 1. The van der Waals surface area contributed by atoms with E-state index in [0.717, 1.165) is 35.3 Å². The predicted molar refractivity (Wildman–Crippen MR) is 157 cm³/mol. The van der Waals surface area contributed by atoms with Crippen LogP contribution in [-0.4, -0.2) is 34.1 Å². The first-order valence-corrected chi connectivity index (χ1v) is 13.4. The summed E-state index contributed by atoms with van der Waals surface area (Å²) in [5.74, 6) is 1.57. The van der Waals surface area contributed by atoms with E-state index >= 15 is 0 Å². The van der Waals surface area contributed by atoms with Crippen molar-refractivity contribution >= 4 is 30.0 Å².